The molecule has 0 saturated heterocycles. The van der Waals surface area contributed by atoms with E-state index in [2.05, 4.69) is 15.5 Å². The summed E-state index contributed by atoms with van der Waals surface area (Å²) in [7, 11) is -4.09. The molecule has 1 aromatic heterocycles. The third-order valence-corrected chi connectivity index (χ3v) is 7.56. The molecular formula is C22H16Cl2N4O3S2. The van der Waals surface area contributed by atoms with Crippen LogP contribution in [0.15, 0.2) is 83.8 Å². The van der Waals surface area contributed by atoms with Gasteiger partial charge in [0.1, 0.15) is 11.6 Å². The fourth-order valence-corrected chi connectivity index (χ4v) is 5.68. The number of rotatable bonds is 7. The number of hydrogen-bond donors (Lipinski definition) is 1. The molecule has 0 aliphatic heterocycles. The molecule has 33 heavy (non-hydrogen) atoms. The van der Waals surface area contributed by atoms with Crippen LogP contribution in [0.2, 0.25) is 10.0 Å². The maximum Gasteiger partial charge on any atom is 0.264 e. The number of carbonyl (C=O) groups excluding carboxylic acids is 1. The Labute approximate surface area is 204 Å². The van der Waals surface area contributed by atoms with Gasteiger partial charge in [0.05, 0.1) is 10.6 Å². The van der Waals surface area contributed by atoms with Crippen LogP contribution < -0.4 is 9.62 Å². The molecule has 3 aromatic carbocycles. The van der Waals surface area contributed by atoms with Gasteiger partial charge in [0.15, 0.2) is 0 Å². The van der Waals surface area contributed by atoms with Crippen LogP contribution in [0.3, 0.4) is 0 Å². The van der Waals surface area contributed by atoms with Gasteiger partial charge in [-0.05, 0) is 30.3 Å². The molecule has 0 bridgehead atoms. The molecule has 0 atom stereocenters. The summed E-state index contributed by atoms with van der Waals surface area (Å²) in [5.74, 6) is -0.596. The van der Waals surface area contributed by atoms with E-state index in [1.54, 1.807) is 18.2 Å². The molecule has 0 unspecified atom stereocenters. The Morgan fingerprint density at radius 2 is 1.52 bits per heavy atom. The van der Waals surface area contributed by atoms with Gasteiger partial charge in [0, 0.05) is 15.6 Å². The predicted octanol–water partition coefficient (Wildman–Crippen LogP) is 5.35. The minimum absolute atomic E-state index is 0.0242. The Kier molecular flexibility index (Phi) is 6.94. The third-order valence-electron chi connectivity index (χ3n) is 4.45. The van der Waals surface area contributed by atoms with Crippen molar-refractivity contribution in [3.05, 3.63) is 88.9 Å². The lowest BCUT2D eigenvalue weighted by Crippen LogP contribution is -2.38. The number of aromatic nitrogens is 2. The number of halogens is 2. The van der Waals surface area contributed by atoms with Crippen molar-refractivity contribution in [3.8, 4) is 10.6 Å². The first-order valence-electron chi connectivity index (χ1n) is 9.55. The Morgan fingerprint density at radius 3 is 2.15 bits per heavy atom. The largest absolute Gasteiger partial charge is 0.299 e. The van der Waals surface area contributed by atoms with Crippen molar-refractivity contribution in [1.29, 1.82) is 0 Å². The molecule has 168 valence electrons. The molecule has 0 radical (unpaired) electrons. The fourth-order valence-electron chi connectivity index (χ4n) is 2.98. The fraction of sp³-hybridized carbons (Fsp3) is 0.0455. The van der Waals surface area contributed by atoms with Crippen LogP contribution in [-0.2, 0) is 14.8 Å². The lowest BCUT2D eigenvalue weighted by Gasteiger charge is -2.24. The van der Waals surface area contributed by atoms with E-state index in [9.17, 15) is 13.2 Å². The Bertz CT molecular complexity index is 1360. The zero-order chi connectivity index (χ0) is 23.4. The Balaban J connectivity index is 1.62. The van der Waals surface area contributed by atoms with Crippen molar-refractivity contribution in [3.63, 3.8) is 0 Å². The van der Waals surface area contributed by atoms with E-state index in [-0.39, 0.29) is 25.8 Å². The molecule has 0 saturated carbocycles. The maximum absolute atomic E-state index is 13.4. The second-order valence-electron chi connectivity index (χ2n) is 6.78. The molecule has 0 fully saturated rings. The number of benzene rings is 3. The first kappa shape index (κ1) is 23.2. The number of carbonyl (C=O) groups is 1. The van der Waals surface area contributed by atoms with Crippen LogP contribution in [0, 0.1) is 0 Å². The Morgan fingerprint density at radius 1 is 0.909 bits per heavy atom. The summed E-state index contributed by atoms with van der Waals surface area (Å²) < 4.78 is 27.7. The average molecular weight is 519 g/mol. The molecule has 1 amide bonds. The van der Waals surface area contributed by atoms with Gasteiger partial charge < -0.3 is 0 Å². The molecule has 4 aromatic rings. The van der Waals surface area contributed by atoms with E-state index in [1.165, 1.54) is 41.7 Å². The third kappa shape index (κ3) is 5.51. The van der Waals surface area contributed by atoms with Gasteiger partial charge in [-0.15, -0.1) is 10.2 Å². The van der Waals surface area contributed by atoms with Gasteiger partial charge in [-0.1, -0.05) is 83.1 Å². The summed E-state index contributed by atoms with van der Waals surface area (Å²) in [6.07, 6.45) is 0. The van der Waals surface area contributed by atoms with Crippen LogP contribution in [0.4, 0.5) is 10.8 Å². The summed E-state index contributed by atoms with van der Waals surface area (Å²) in [4.78, 5) is 12.9. The van der Waals surface area contributed by atoms with Gasteiger partial charge >= 0.3 is 0 Å². The van der Waals surface area contributed by atoms with Crippen LogP contribution in [0.1, 0.15) is 0 Å². The highest BCUT2D eigenvalue weighted by Crippen LogP contribution is 2.30. The number of anilines is 2. The van der Waals surface area contributed by atoms with E-state index in [1.807, 2.05) is 30.3 Å². The molecule has 0 aliphatic carbocycles. The molecule has 7 nitrogen and oxygen atoms in total. The first-order valence-corrected chi connectivity index (χ1v) is 12.6. The zero-order valence-corrected chi connectivity index (χ0v) is 20.0. The van der Waals surface area contributed by atoms with Crippen molar-refractivity contribution >= 4 is 61.3 Å². The quantitative estimate of drug-likeness (QED) is 0.356. The predicted molar refractivity (Wildman–Crippen MR) is 131 cm³/mol. The van der Waals surface area contributed by atoms with Gasteiger partial charge in [-0.3, -0.25) is 14.4 Å². The SMILES string of the molecule is O=C(CN(c1cc(Cl)cc(Cl)c1)S(=O)(=O)c1ccccc1)Nc1nnc(-c2ccccc2)s1. The number of nitrogens with one attached hydrogen (secondary N) is 1. The van der Waals surface area contributed by atoms with Crippen molar-refractivity contribution in [2.75, 3.05) is 16.2 Å². The number of hydrogen-bond acceptors (Lipinski definition) is 6. The number of nitrogens with zero attached hydrogens (tertiary/aromatic N) is 3. The number of sulfonamides is 1. The van der Waals surface area contributed by atoms with E-state index in [0.29, 0.717) is 5.01 Å². The van der Waals surface area contributed by atoms with Crippen LogP contribution in [0.5, 0.6) is 0 Å². The summed E-state index contributed by atoms with van der Waals surface area (Å²) in [6.45, 7) is -0.520. The van der Waals surface area contributed by atoms with Gasteiger partial charge in [0.25, 0.3) is 10.0 Å². The second-order valence-corrected chi connectivity index (χ2v) is 10.5. The van der Waals surface area contributed by atoms with E-state index < -0.39 is 22.5 Å². The van der Waals surface area contributed by atoms with Crippen molar-refractivity contribution < 1.29 is 13.2 Å². The summed E-state index contributed by atoms with van der Waals surface area (Å²) in [5, 5.41) is 12.0. The summed E-state index contributed by atoms with van der Waals surface area (Å²) in [6, 6.07) is 21.5. The first-order chi connectivity index (χ1) is 15.8. The highest BCUT2D eigenvalue weighted by Gasteiger charge is 2.28. The molecule has 0 spiro atoms. The Hall–Kier alpha value is -2.98. The molecule has 1 N–H and O–H groups in total. The van der Waals surface area contributed by atoms with Gasteiger partial charge in [-0.2, -0.15) is 0 Å². The normalized spacial score (nSPS) is 11.2. The summed E-state index contributed by atoms with van der Waals surface area (Å²) in [5.41, 5.74) is 1.02. The highest BCUT2D eigenvalue weighted by atomic mass is 35.5. The standard InChI is InChI=1S/C22H16Cl2N4O3S2/c23-16-11-17(24)13-18(12-16)28(33(30,31)19-9-5-2-6-10-19)14-20(29)25-22-27-26-21(32-22)15-7-3-1-4-8-15/h1-13H,14H2,(H,25,27,29). The average Bonchev–Trinajstić information content (AvgIpc) is 3.26. The topological polar surface area (TPSA) is 92.3 Å². The lowest BCUT2D eigenvalue weighted by molar-refractivity contribution is -0.114. The highest BCUT2D eigenvalue weighted by molar-refractivity contribution is 7.92. The smallest absolute Gasteiger partial charge is 0.264 e. The summed E-state index contributed by atoms with van der Waals surface area (Å²) >= 11 is 13.4. The molecular weight excluding hydrogens is 503 g/mol. The van der Waals surface area contributed by atoms with E-state index >= 15 is 0 Å². The van der Waals surface area contributed by atoms with E-state index in [0.717, 1.165) is 9.87 Å². The minimum Gasteiger partial charge on any atom is -0.299 e. The maximum atomic E-state index is 13.4. The van der Waals surface area contributed by atoms with Crippen LogP contribution in [0.25, 0.3) is 10.6 Å². The second kappa shape index (κ2) is 9.88. The van der Waals surface area contributed by atoms with Crippen LogP contribution in [-0.4, -0.2) is 31.1 Å². The van der Waals surface area contributed by atoms with Crippen molar-refractivity contribution in [2.24, 2.45) is 0 Å². The molecule has 0 aliphatic rings. The minimum atomic E-state index is -4.09. The van der Waals surface area contributed by atoms with Gasteiger partial charge in [-0.25, -0.2) is 8.42 Å². The number of amides is 1. The zero-order valence-electron chi connectivity index (χ0n) is 16.9. The van der Waals surface area contributed by atoms with Crippen molar-refractivity contribution in [1.82, 2.24) is 10.2 Å². The molecule has 4 rings (SSSR count). The monoisotopic (exact) mass is 518 g/mol. The van der Waals surface area contributed by atoms with Gasteiger partial charge in [0.2, 0.25) is 11.0 Å². The van der Waals surface area contributed by atoms with E-state index in [4.69, 9.17) is 23.2 Å². The lowest BCUT2D eigenvalue weighted by atomic mass is 10.2. The van der Waals surface area contributed by atoms with Crippen molar-refractivity contribution in [2.45, 2.75) is 4.90 Å². The molecule has 1 heterocycles. The molecule has 11 heteroatoms. The van der Waals surface area contributed by atoms with Crippen LogP contribution >= 0.6 is 34.5 Å².